The molecule has 4 rings (SSSR count). The second kappa shape index (κ2) is 7.54. The van der Waals surface area contributed by atoms with E-state index in [9.17, 15) is 4.79 Å². The number of aromatic amines is 1. The van der Waals surface area contributed by atoms with Gasteiger partial charge >= 0.3 is 0 Å². The Morgan fingerprint density at radius 1 is 1.18 bits per heavy atom. The van der Waals surface area contributed by atoms with Gasteiger partial charge in [-0.3, -0.25) is 4.79 Å². The standard InChI is InChI=1S/C22H27N5O/c1-15(2)25-20-5-4-8-23-21(20)26-9-11-27(12-10-26)22(28)18-14-24-19-7-6-16(3)13-17(18)19/h4-8,13-15,24-25H,9-12H2,1-3H3. The molecule has 3 aromatic rings. The number of rotatable bonds is 4. The molecular weight excluding hydrogens is 350 g/mol. The Balaban J connectivity index is 1.48. The molecule has 2 N–H and O–H groups in total. The van der Waals surface area contributed by atoms with Crippen molar-refractivity contribution in [3.05, 3.63) is 53.9 Å². The monoisotopic (exact) mass is 377 g/mol. The van der Waals surface area contributed by atoms with E-state index in [1.54, 1.807) is 0 Å². The number of piperazine rings is 1. The molecule has 0 saturated carbocycles. The van der Waals surface area contributed by atoms with Crippen LogP contribution >= 0.6 is 0 Å². The number of H-pyrrole nitrogens is 1. The number of anilines is 2. The van der Waals surface area contributed by atoms with Crippen molar-refractivity contribution in [1.82, 2.24) is 14.9 Å². The van der Waals surface area contributed by atoms with Crippen LogP contribution in [0, 0.1) is 6.92 Å². The van der Waals surface area contributed by atoms with Gasteiger partial charge in [0.2, 0.25) is 0 Å². The van der Waals surface area contributed by atoms with Gasteiger partial charge in [-0.15, -0.1) is 0 Å². The van der Waals surface area contributed by atoms with E-state index in [1.165, 1.54) is 0 Å². The number of hydrogen-bond acceptors (Lipinski definition) is 4. The van der Waals surface area contributed by atoms with Crippen LogP contribution in [0.4, 0.5) is 11.5 Å². The van der Waals surface area contributed by atoms with E-state index < -0.39 is 0 Å². The summed E-state index contributed by atoms with van der Waals surface area (Å²) >= 11 is 0. The molecule has 0 bridgehead atoms. The molecule has 1 aliphatic rings. The van der Waals surface area contributed by atoms with Crippen molar-refractivity contribution in [2.24, 2.45) is 0 Å². The molecule has 0 atom stereocenters. The molecule has 1 aromatic carbocycles. The maximum absolute atomic E-state index is 13.1. The average molecular weight is 377 g/mol. The van der Waals surface area contributed by atoms with Gasteiger partial charge in [0.1, 0.15) is 0 Å². The minimum atomic E-state index is 0.0954. The predicted molar refractivity (Wildman–Crippen MR) is 114 cm³/mol. The van der Waals surface area contributed by atoms with Crippen LogP contribution in [-0.4, -0.2) is 53.0 Å². The lowest BCUT2D eigenvalue weighted by molar-refractivity contribution is 0.0748. The van der Waals surface area contributed by atoms with Crippen molar-refractivity contribution < 1.29 is 4.79 Å². The first kappa shape index (κ1) is 18.3. The van der Waals surface area contributed by atoms with E-state index in [0.29, 0.717) is 19.1 Å². The summed E-state index contributed by atoms with van der Waals surface area (Å²) in [5.41, 5.74) is 3.97. The molecular formula is C22H27N5O. The normalized spacial score (nSPS) is 14.7. The molecule has 1 saturated heterocycles. The molecule has 146 valence electrons. The van der Waals surface area contributed by atoms with Gasteiger partial charge in [-0.25, -0.2) is 4.98 Å². The number of benzene rings is 1. The molecule has 28 heavy (non-hydrogen) atoms. The SMILES string of the molecule is Cc1ccc2[nH]cc(C(=O)N3CCN(c4ncccc4NC(C)C)CC3)c2c1. The number of amides is 1. The largest absolute Gasteiger partial charge is 0.380 e. The summed E-state index contributed by atoms with van der Waals surface area (Å²) in [4.78, 5) is 25.1. The third-order valence-corrected chi connectivity index (χ3v) is 5.16. The Bertz CT molecular complexity index is 986. The van der Waals surface area contributed by atoms with Crippen molar-refractivity contribution in [2.75, 3.05) is 36.4 Å². The van der Waals surface area contributed by atoms with Gasteiger partial charge in [0.05, 0.1) is 11.3 Å². The molecule has 1 fully saturated rings. The third kappa shape index (κ3) is 3.54. The fourth-order valence-corrected chi connectivity index (χ4v) is 3.78. The van der Waals surface area contributed by atoms with Crippen LogP contribution in [0.3, 0.4) is 0 Å². The van der Waals surface area contributed by atoms with Gasteiger partial charge in [0, 0.05) is 55.5 Å². The number of aromatic nitrogens is 2. The van der Waals surface area contributed by atoms with Gasteiger partial charge in [-0.05, 0) is 45.0 Å². The minimum Gasteiger partial charge on any atom is -0.380 e. The zero-order valence-electron chi connectivity index (χ0n) is 16.7. The average Bonchev–Trinajstić information content (AvgIpc) is 3.10. The number of hydrogen-bond donors (Lipinski definition) is 2. The Morgan fingerprint density at radius 3 is 2.71 bits per heavy atom. The van der Waals surface area contributed by atoms with Crippen molar-refractivity contribution in [3.8, 4) is 0 Å². The predicted octanol–water partition coefficient (Wildman–Crippen LogP) is 3.65. The van der Waals surface area contributed by atoms with Crippen molar-refractivity contribution in [2.45, 2.75) is 26.8 Å². The second-order valence-electron chi connectivity index (χ2n) is 7.70. The molecule has 0 radical (unpaired) electrons. The summed E-state index contributed by atoms with van der Waals surface area (Å²) in [5, 5.41) is 4.46. The van der Waals surface area contributed by atoms with Gasteiger partial charge in [-0.1, -0.05) is 11.6 Å². The van der Waals surface area contributed by atoms with E-state index >= 15 is 0 Å². The fourth-order valence-electron chi connectivity index (χ4n) is 3.78. The molecule has 1 aliphatic heterocycles. The van der Waals surface area contributed by atoms with Crippen LogP contribution in [0.25, 0.3) is 10.9 Å². The summed E-state index contributed by atoms with van der Waals surface area (Å²) in [6.45, 7) is 9.22. The van der Waals surface area contributed by atoms with Crippen molar-refractivity contribution in [1.29, 1.82) is 0 Å². The molecule has 0 aliphatic carbocycles. The summed E-state index contributed by atoms with van der Waals surface area (Å²) in [6, 6.07) is 10.5. The molecule has 3 heterocycles. The highest BCUT2D eigenvalue weighted by Crippen LogP contribution is 2.26. The maximum Gasteiger partial charge on any atom is 0.256 e. The molecule has 2 aromatic heterocycles. The van der Waals surface area contributed by atoms with Crippen LogP contribution in [-0.2, 0) is 0 Å². The molecule has 0 unspecified atom stereocenters. The molecule has 6 nitrogen and oxygen atoms in total. The van der Waals surface area contributed by atoms with Crippen LogP contribution in [0.5, 0.6) is 0 Å². The van der Waals surface area contributed by atoms with E-state index in [0.717, 1.165) is 46.6 Å². The number of pyridine rings is 1. The fraction of sp³-hybridized carbons (Fsp3) is 0.364. The smallest absolute Gasteiger partial charge is 0.256 e. The lowest BCUT2D eigenvalue weighted by atomic mass is 10.1. The quantitative estimate of drug-likeness (QED) is 0.728. The Kier molecular flexibility index (Phi) is 4.94. The highest BCUT2D eigenvalue weighted by molar-refractivity contribution is 6.07. The first-order valence-corrected chi connectivity index (χ1v) is 9.86. The van der Waals surface area contributed by atoms with Gasteiger partial charge < -0.3 is 20.1 Å². The summed E-state index contributed by atoms with van der Waals surface area (Å²) in [6.07, 6.45) is 3.66. The van der Waals surface area contributed by atoms with E-state index in [4.69, 9.17) is 0 Å². The van der Waals surface area contributed by atoms with Gasteiger partial charge in [0.25, 0.3) is 5.91 Å². The van der Waals surface area contributed by atoms with Crippen LogP contribution in [0.15, 0.2) is 42.7 Å². The number of nitrogens with zero attached hydrogens (tertiary/aromatic N) is 3. The first-order chi connectivity index (χ1) is 13.5. The topological polar surface area (TPSA) is 64.3 Å². The summed E-state index contributed by atoms with van der Waals surface area (Å²) in [5.74, 6) is 1.06. The molecule has 1 amide bonds. The number of carbonyl (C=O) groups is 1. The number of aryl methyl sites for hydroxylation is 1. The Hall–Kier alpha value is -3.02. The Morgan fingerprint density at radius 2 is 1.96 bits per heavy atom. The van der Waals surface area contributed by atoms with Crippen molar-refractivity contribution >= 4 is 28.3 Å². The van der Waals surface area contributed by atoms with E-state index in [1.807, 2.05) is 29.4 Å². The number of fused-ring (bicyclic) bond motifs is 1. The zero-order chi connectivity index (χ0) is 19.7. The highest BCUT2D eigenvalue weighted by atomic mass is 16.2. The van der Waals surface area contributed by atoms with Crippen LogP contribution < -0.4 is 10.2 Å². The van der Waals surface area contributed by atoms with E-state index in [2.05, 4.69) is 59.2 Å². The molecule has 6 heteroatoms. The van der Waals surface area contributed by atoms with E-state index in [-0.39, 0.29) is 5.91 Å². The first-order valence-electron chi connectivity index (χ1n) is 9.86. The minimum absolute atomic E-state index is 0.0954. The van der Waals surface area contributed by atoms with Crippen molar-refractivity contribution in [3.63, 3.8) is 0 Å². The highest BCUT2D eigenvalue weighted by Gasteiger charge is 2.25. The number of nitrogens with one attached hydrogen (secondary N) is 2. The van der Waals surface area contributed by atoms with Crippen LogP contribution in [0.2, 0.25) is 0 Å². The van der Waals surface area contributed by atoms with Crippen LogP contribution in [0.1, 0.15) is 29.8 Å². The lowest BCUT2D eigenvalue weighted by Crippen LogP contribution is -2.49. The summed E-state index contributed by atoms with van der Waals surface area (Å²) in [7, 11) is 0. The molecule has 0 spiro atoms. The van der Waals surface area contributed by atoms with Gasteiger partial charge in [-0.2, -0.15) is 0 Å². The maximum atomic E-state index is 13.1. The second-order valence-corrected chi connectivity index (χ2v) is 7.70. The number of carbonyl (C=O) groups excluding carboxylic acids is 1. The lowest BCUT2D eigenvalue weighted by Gasteiger charge is -2.36. The Labute approximate surface area is 165 Å². The van der Waals surface area contributed by atoms with Gasteiger partial charge in [0.15, 0.2) is 5.82 Å². The third-order valence-electron chi connectivity index (χ3n) is 5.16. The zero-order valence-corrected chi connectivity index (χ0v) is 16.7. The summed E-state index contributed by atoms with van der Waals surface area (Å²) < 4.78 is 0.